The van der Waals surface area contributed by atoms with Crippen LogP contribution < -0.4 is 0 Å². The second-order valence-corrected chi connectivity index (χ2v) is 18.9. The predicted octanol–water partition coefficient (Wildman–Crippen LogP) is 4.26. The van der Waals surface area contributed by atoms with Crippen LogP contribution in [0.4, 0.5) is 0 Å². The molecule has 0 unspecified atom stereocenters. The highest BCUT2D eigenvalue weighted by Crippen LogP contribution is 2.48. The molecule has 200 valence electrons. The molecule has 0 bridgehead atoms. The topological polar surface area (TPSA) is 93.2 Å². The van der Waals surface area contributed by atoms with Crippen LogP contribution in [-0.2, 0) is 23.7 Å². The summed E-state index contributed by atoms with van der Waals surface area (Å²) in [6, 6.07) is 1.09. The van der Waals surface area contributed by atoms with Crippen LogP contribution in [0.3, 0.4) is 0 Å². The molecule has 3 aliphatic rings. The third-order valence-electron chi connectivity index (χ3n) is 7.98. The molecule has 7 atom stereocenters. The molecule has 3 heterocycles. The molecule has 0 aromatic carbocycles. The van der Waals surface area contributed by atoms with Gasteiger partial charge < -0.3 is 33.9 Å². The minimum atomic E-state index is -1.12. The van der Waals surface area contributed by atoms with Crippen LogP contribution in [0.2, 0.25) is 25.7 Å². The van der Waals surface area contributed by atoms with Crippen LogP contribution >= 0.6 is 0 Å². The summed E-state index contributed by atoms with van der Waals surface area (Å²) in [5.41, 5.74) is -2.16. The largest absolute Gasteiger partial charge is 0.387 e. The van der Waals surface area contributed by atoms with Crippen molar-refractivity contribution in [3.8, 4) is 0 Å². The van der Waals surface area contributed by atoms with E-state index >= 15 is 0 Å². The molecule has 0 aromatic rings. The van der Waals surface area contributed by atoms with Crippen LogP contribution in [-0.4, -0.2) is 85.1 Å². The lowest BCUT2D eigenvalue weighted by Crippen LogP contribution is -2.46. The van der Waals surface area contributed by atoms with Crippen LogP contribution in [0.1, 0.15) is 73.1 Å². The van der Waals surface area contributed by atoms with Gasteiger partial charge in [-0.2, -0.15) is 0 Å². The van der Waals surface area contributed by atoms with Crippen LogP contribution in [0, 0.1) is 0 Å². The Balaban J connectivity index is 1.34. The summed E-state index contributed by atoms with van der Waals surface area (Å²) in [5, 5.41) is 22.1. The summed E-state index contributed by atoms with van der Waals surface area (Å²) in [5.74, 6) is 0. The number of hydrogen-bond acceptors (Lipinski definition) is 7. The number of aliphatic hydroxyl groups is 2. The molecule has 3 aliphatic heterocycles. The monoisotopic (exact) mass is 502 g/mol. The van der Waals surface area contributed by atoms with Crippen molar-refractivity contribution in [3.05, 3.63) is 0 Å². The summed E-state index contributed by atoms with van der Waals surface area (Å²) in [7, 11) is -1.12. The first-order chi connectivity index (χ1) is 15.5. The Morgan fingerprint density at radius 1 is 0.912 bits per heavy atom. The summed E-state index contributed by atoms with van der Waals surface area (Å²) in [6.45, 7) is 18.0. The van der Waals surface area contributed by atoms with Gasteiger partial charge in [0.15, 0.2) is 0 Å². The van der Waals surface area contributed by atoms with E-state index in [0.717, 1.165) is 31.7 Å². The third kappa shape index (κ3) is 7.97. The summed E-state index contributed by atoms with van der Waals surface area (Å²) in [6.07, 6.45) is 4.69. The van der Waals surface area contributed by atoms with Crippen LogP contribution in [0.5, 0.6) is 0 Å². The number of hydrogen-bond donors (Lipinski definition) is 2. The van der Waals surface area contributed by atoms with Gasteiger partial charge in [0.25, 0.3) is 0 Å². The van der Waals surface area contributed by atoms with E-state index in [-0.39, 0.29) is 42.9 Å². The van der Waals surface area contributed by atoms with Gasteiger partial charge in [0.05, 0.1) is 47.8 Å². The van der Waals surface area contributed by atoms with E-state index in [4.69, 9.17) is 23.7 Å². The Labute approximate surface area is 207 Å². The smallest absolute Gasteiger partial charge is 0.146 e. The molecule has 0 aromatic heterocycles. The molecule has 3 saturated heterocycles. The SMILES string of the molecule is CC1(C)O[C@@H]1CC[C@@]1(C)O[C@@H]1CC[C@@](C)(O)[C@@H]1CC[C@@H]([C@](C)(O)COCOCC[Si](C)(C)C)O1. The van der Waals surface area contributed by atoms with Gasteiger partial charge in [0, 0.05) is 14.7 Å². The molecular formula is C26H50O7Si. The maximum absolute atomic E-state index is 11.2. The van der Waals surface area contributed by atoms with Crippen molar-refractivity contribution in [2.75, 3.05) is 20.0 Å². The van der Waals surface area contributed by atoms with Crippen molar-refractivity contribution in [2.45, 2.75) is 146 Å². The highest BCUT2D eigenvalue weighted by molar-refractivity contribution is 6.76. The molecule has 34 heavy (non-hydrogen) atoms. The fraction of sp³-hybridized carbons (Fsp3) is 1.00. The van der Waals surface area contributed by atoms with Crippen LogP contribution in [0.25, 0.3) is 0 Å². The maximum atomic E-state index is 11.2. The van der Waals surface area contributed by atoms with Crippen molar-refractivity contribution in [1.82, 2.24) is 0 Å². The Morgan fingerprint density at radius 2 is 1.53 bits per heavy atom. The van der Waals surface area contributed by atoms with Crippen molar-refractivity contribution >= 4 is 8.07 Å². The Bertz CT molecular complexity index is 675. The van der Waals surface area contributed by atoms with Gasteiger partial charge in [-0.25, -0.2) is 0 Å². The van der Waals surface area contributed by atoms with Crippen molar-refractivity contribution in [1.29, 1.82) is 0 Å². The number of epoxide rings is 2. The number of rotatable bonds is 15. The number of ether oxygens (including phenoxy) is 5. The first kappa shape index (κ1) is 28.5. The van der Waals surface area contributed by atoms with E-state index < -0.39 is 19.3 Å². The lowest BCUT2D eigenvalue weighted by atomic mass is 9.88. The molecule has 0 amide bonds. The molecule has 7 nitrogen and oxygen atoms in total. The van der Waals surface area contributed by atoms with E-state index in [1.165, 1.54) is 0 Å². The average Bonchev–Trinajstić information content (AvgIpc) is 3.41. The zero-order valence-corrected chi connectivity index (χ0v) is 23.8. The first-order valence-corrected chi connectivity index (χ1v) is 16.9. The van der Waals surface area contributed by atoms with Gasteiger partial charge in [0.2, 0.25) is 0 Å². The summed E-state index contributed by atoms with van der Waals surface area (Å²) in [4.78, 5) is 0. The van der Waals surface area contributed by atoms with Crippen molar-refractivity contribution < 1.29 is 33.9 Å². The van der Waals surface area contributed by atoms with Gasteiger partial charge in [-0.05, 0) is 79.2 Å². The van der Waals surface area contributed by atoms with E-state index in [9.17, 15) is 10.2 Å². The molecule has 0 aliphatic carbocycles. The molecular weight excluding hydrogens is 452 g/mol. The van der Waals surface area contributed by atoms with E-state index in [1.807, 2.05) is 6.92 Å². The highest BCUT2D eigenvalue weighted by Gasteiger charge is 2.55. The fourth-order valence-corrected chi connectivity index (χ4v) is 5.76. The maximum Gasteiger partial charge on any atom is 0.146 e. The highest BCUT2D eigenvalue weighted by atomic mass is 28.3. The lowest BCUT2D eigenvalue weighted by molar-refractivity contribution is -0.175. The molecule has 2 N–H and O–H groups in total. The predicted molar refractivity (Wildman–Crippen MR) is 135 cm³/mol. The second kappa shape index (κ2) is 10.4. The van der Waals surface area contributed by atoms with Gasteiger partial charge in [-0.1, -0.05) is 19.6 Å². The summed E-state index contributed by atoms with van der Waals surface area (Å²) >= 11 is 0. The van der Waals surface area contributed by atoms with E-state index in [0.29, 0.717) is 25.6 Å². The summed E-state index contributed by atoms with van der Waals surface area (Å²) < 4.78 is 29.0. The molecule has 0 saturated carbocycles. The zero-order chi connectivity index (χ0) is 25.4. The lowest BCUT2D eigenvalue weighted by Gasteiger charge is -2.33. The van der Waals surface area contributed by atoms with E-state index in [1.54, 1.807) is 6.92 Å². The van der Waals surface area contributed by atoms with E-state index in [2.05, 4.69) is 40.4 Å². The third-order valence-corrected chi connectivity index (χ3v) is 9.68. The molecule has 0 spiro atoms. The average molecular weight is 503 g/mol. The minimum Gasteiger partial charge on any atom is -0.387 e. The minimum absolute atomic E-state index is 0.0215. The normalized spacial score (nSPS) is 36.2. The Morgan fingerprint density at radius 3 is 2.12 bits per heavy atom. The zero-order valence-electron chi connectivity index (χ0n) is 22.8. The first-order valence-electron chi connectivity index (χ1n) is 13.2. The second-order valence-electron chi connectivity index (χ2n) is 13.3. The van der Waals surface area contributed by atoms with Crippen molar-refractivity contribution in [3.63, 3.8) is 0 Å². The van der Waals surface area contributed by atoms with Gasteiger partial charge in [-0.15, -0.1) is 0 Å². The molecule has 8 heteroatoms. The van der Waals surface area contributed by atoms with Gasteiger partial charge in [0.1, 0.15) is 12.4 Å². The standard InChI is InChI=1S/C26H50O7Si/c1-23(2)19(32-23)12-14-26(5)22(33-26)11-13-24(3,27)20-9-10-21(31-20)25(4,28)17-30-18-29-15-16-34(6,7)8/h19-22,27-28H,9-18H2,1-8H3/t19-,20+,21+,22-,24-,25-,26-/m1/s1. The molecule has 0 radical (unpaired) electrons. The fourth-order valence-electron chi connectivity index (χ4n) is 5.01. The van der Waals surface area contributed by atoms with Gasteiger partial charge >= 0.3 is 0 Å². The Hall–Kier alpha value is -0.0631. The quantitative estimate of drug-likeness (QED) is 0.150. The van der Waals surface area contributed by atoms with Crippen LogP contribution in [0.15, 0.2) is 0 Å². The molecule has 3 rings (SSSR count). The Kier molecular flexibility index (Phi) is 8.69. The molecule has 3 fully saturated rings. The van der Waals surface area contributed by atoms with Gasteiger partial charge in [-0.3, -0.25) is 0 Å². The van der Waals surface area contributed by atoms with Crippen molar-refractivity contribution in [2.24, 2.45) is 0 Å².